The summed E-state index contributed by atoms with van der Waals surface area (Å²) in [5.74, 6) is 2.09. The van der Waals surface area contributed by atoms with Gasteiger partial charge in [-0.1, -0.05) is 51.9 Å². The van der Waals surface area contributed by atoms with Gasteiger partial charge in [0.1, 0.15) is 0 Å². The van der Waals surface area contributed by atoms with Crippen LogP contribution in [0.1, 0.15) is 58.3 Å². The second kappa shape index (κ2) is 6.19. The maximum atomic E-state index is 6.11. The molecule has 0 radical (unpaired) electrons. The van der Waals surface area contributed by atoms with Crippen LogP contribution in [-0.2, 0) is 4.65 Å². The molecule has 2 fully saturated rings. The van der Waals surface area contributed by atoms with Gasteiger partial charge in [-0.3, -0.25) is 0 Å². The van der Waals surface area contributed by atoms with E-state index >= 15 is 0 Å². The number of hydrogen-bond donors (Lipinski definition) is 0. The van der Waals surface area contributed by atoms with Crippen LogP contribution in [0.15, 0.2) is 0 Å². The summed E-state index contributed by atoms with van der Waals surface area (Å²) in [5.41, 5.74) is 0. The van der Waals surface area contributed by atoms with Crippen molar-refractivity contribution in [2.45, 2.75) is 70.2 Å². The Hall–Kier alpha value is 0.375. The van der Waals surface area contributed by atoms with Gasteiger partial charge in [0, 0.05) is 11.9 Å². The van der Waals surface area contributed by atoms with Crippen LogP contribution in [0.4, 0.5) is 0 Å². The fraction of sp³-hybridized carbons (Fsp3) is 1.00. The standard InChI is InChI=1S/C12H23BOS/c1-2-12-10-15-13(14-12)11-8-6-4-3-5-7-9-11/h11-12H,2-10H2,1H3. The van der Waals surface area contributed by atoms with Crippen molar-refractivity contribution >= 4 is 17.8 Å². The minimum absolute atomic E-state index is 0.535. The SMILES string of the molecule is CCC1CSB(C2CCCCCCC2)O1. The molecule has 0 aromatic rings. The second-order valence-corrected chi connectivity index (χ2v) is 6.10. The van der Waals surface area contributed by atoms with Crippen molar-refractivity contribution < 1.29 is 4.65 Å². The van der Waals surface area contributed by atoms with Crippen LogP contribution in [0.3, 0.4) is 0 Å². The molecule has 1 atom stereocenters. The third-order valence-electron chi connectivity index (χ3n) is 3.76. The molecule has 2 aliphatic rings. The van der Waals surface area contributed by atoms with Crippen molar-refractivity contribution in [3.8, 4) is 0 Å². The molecule has 0 amide bonds. The van der Waals surface area contributed by atoms with E-state index in [9.17, 15) is 0 Å². The summed E-state index contributed by atoms with van der Waals surface area (Å²) in [4.78, 5) is 0. The van der Waals surface area contributed by atoms with Gasteiger partial charge in [0.05, 0.1) is 0 Å². The third-order valence-corrected chi connectivity index (χ3v) is 5.15. The molecule has 1 saturated carbocycles. The molecule has 0 aromatic carbocycles. The van der Waals surface area contributed by atoms with E-state index in [1.165, 1.54) is 57.1 Å². The van der Waals surface area contributed by atoms with Gasteiger partial charge in [-0.25, -0.2) is 0 Å². The predicted molar refractivity (Wildman–Crippen MR) is 69.4 cm³/mol. The molecule has 0 bridgehead atoms. The topological polar surface area (TPSA) is 9.23 Å². The molecule has 1 unspecified atom stereocenters. The van der Waals surface area contributed by atoms with Crippen molar-refractivity contribution in [1.29, 1.82) is 0 Å². The fourth-order valence-corrected chi connectivity index (χ4v) is 4.19. The minimum atomic E-state index is 0.535. The second-order valence-electron chi connectivity index (χ2n) is 4.97. The Morgan fingerprint density at radius 3 is 2.40 bits per heavy atom. The zero-order valence-corrected chi connectivity index (χ0v) is 10.7. The monoisotopic (exact) mass is 226 g/mol. The molecule has 0 spiro atoms. The molecule has 2 rings (SSSR count). The Balaban J connectivity index is 1.80. The van der Waals surface area contributed by atoms with E-state index in [0.29, 0.717) is 12.3 Å². The van der Waals surface area contributed by atoms with Gasteiger partial charge in [0.2, 0.25) is 0 Å². The molecule has 3 heteroatoms. The first-order valence-corrected chi connectivity index (χ1v) is 7.72. The zero-order valence-electron chi connectivity index (χ0n) is 9.91. The van der Waals surface area contributed by atoms with Crippen LogP contribution < -0.4 is 0 Å². The lowest BCUT2D eigenvalue weighted by Gasteiger charge is -2.22. The van der Waals surface area contributed by atoms with Gasteiger partial charge in [-0.05, 0) is 12.2 Å². The molecule has 1 heterocycles. The lowest BCUT2D eigenvalue weighted by molar-refractivity contribution is 0.232. The van der Waals surface area contributed by atoms with Crippen molar-refractivity contribution in [1.82, 2.24) is 0 Å². The normalized spacial score (nSPS) is 30.2. The van der Waals surface area contributed by atoms with Gasteiger partial charge in [0.25, 0.3) is 0 Å². The third kappa shape index (κ3) is 3.42. The summed E-state index contributed by atoms with van der Waals surface area (Å²) in [6, 6.07) is 0. The van der Waals surface area contributed by atoms with E-state index in [0.717, 1.165) is 5.82 Å². The van der Waals surface area contributed by atoms with Crippen LogP contribution in [0.5, 0.6) is 0 Å². The Morgan fingerprint density at radius 2 is 1.80 bits per heavy atom. The largest absolute Gasteiger partial charge is 0.422 e. The Bertz CT molecular complexity index is 180. The van der Waals surface area contributed by atoms with E-state index in [4.69, 9.17) is 4.65 Å². The molecule has 1 aliphatic carbocycles. The van der Waals surface area contributed by atoms with Crippen molar-refractivity contribution in [3.05, 3.63) is 0 Å². The highest BCUT2D eigenvalue weighted by molar-refractivity contribution is 8.25. The molecular formula is C12H23BOS. The van der Waals surface area contributed by atoms with E-state index in [-0.39, 0.29) is 0 Å². The quantitative estimate of drug-likeness (QED) is 0.654. The van der Waals surface area contributed by atoms with Crippen molar-refractivity contribution in [2.24, 2.45) is 0 Å². The summed E-state index contributed by atoms with van der Waals surface area (Å²) in [7, 11) is 0. The summed E-state index contributed by atoms with van der Waals surface area (Å²) in [6.45, 7) is 2.24. The Kier molecular flexibility index (Phi) is 4.89. The van der Waals surface area contributed by atoms with Crippen molar-refractivity contribution in [2.75, 3.05) is 5.75 Å². The van der Waals surface area contributed by atoms with Gasteiger partial charge in [-0.2, -0.15) is 11.6 Å². The number of rotatable bonds is 2. The summed E-state index contributed by atoms with van der Waals surface area (Å²) >= 11 is 2.08. The molecule has 0 N–H and O–H groups in total. The summed E-state index contributed by atoms with van der Waals surface area (Å²) in [6.07, 6.45) is 12.3. The average Bonchev–Trinajstić information content (AvgIpc) is 2.65. The van der Waals surface area contributed by atoms with Crippen LogP contribution in [0.25, 0.3) is 0 Å². The summed E-state index contributed by atoms with van der Waals surface area (Å²) in [5, 5.41) is 0. The zero-order chi connectivity index (χ0) is 10.5. The first-order valence-electron chi connectivity index (χ1n) is 6.67. The molecule has 0 aromatic heterocycles. The van der Waals surface area contributed by atoms with Crippen LogP contribution in [0.2, 0.25) is 5.82 Å². The Labute approximate surface area is 98.7 Å². The average molecular weight is 226 g/mol. The molecular weight excluding hydrogens is 203 g/mol. The minimum Gasteiger partial charge on any atom is -0.422 e. The van der Waals surface area contributed by atoms with Gasteiger partial charge in [0.15, 0.2) is 0 Å². The van der Waals surface area contributed by atoms with Crippen LogP contribution >= 0.6 is 11.6 Å². The van der Waals surface area contributed by atoms with Gasteiger partial charge in [-0.15, -0.1) is 0 Å². The smallest absolute Gasteiger partial charge is 0.364 e. The highest BCUT2D eigenvalue weighted by Crippen LogP contribution is 2.38. The number of hydrogen-bond acceptors (Lipinski definition) is 2. The lowest BCUT2D eigenvalue weighted by Crippen LogP contribution is -2.21. The van der Waals surface area contributed by atoms with E-state index in [1.54, 1.807) is 0 Å². The highest BCUT2D eigenvalue weighted by Gasteiger charge is 2.35. The summed E-state index contributed by atoms with van der Waals surface area (Å²) < 4.78 is 6.11. The van der Waals surface area contributed by atoms with Crippen LogP contribution in [0, 0.1) is 0 Å². The molecule has 15 heavy (non-hydrogen) atoms. The van der Waals surface area contributed by atoms with E-state index in [2.05, 4.69) is 18.5 Å². The van der Waals surface area contributed by atoms with E-state index < -0.39 is 0 Å². The fourth-order valence-electron chi connectivity index (χ4n) is 2.69. The maximum absolute atomic E-state index is 6.11. The van der Waals surface area contributed by atoms with Crippen molar-refractivity contribution in [3.63, 3.8) is 0 Å². The lowest BCUT2D eigenvalue weighted by atomic mass is 9.70. The molecule has 1 nitrogen and oxygen atoms in total. The maximum Gasteiger partial charge on any atom is 0.364 e. The van der Waals surface area contributed by atoms with Gasteiger partial charge >= 0.3 is 6.19 Å². The van der Waals surface area contributed by atoms with Gasteiger partial charge < -0.3 is 4.65 Å². The first kappa shape index (κ1) is 11.8. The molecule has 1 aliphatic heterocycles. The predicted octanol–water partition coefficient (Wildman–Crippen LogP) is 4.13. The molecule has 86 valence electrons. The molecule has 1 saturated heterocycles. The van der Waals surface area contributed by atoms with E-state index in [1.807, 2.05) is 0 Å². The first-order chi connectivity index (χ1) is 7.40. The van der Waals surface area contributed by atoms with Crippen LogP contribution in [-0.4, -0.2) is 18.1 Å². The highest BCUT2D eigenvalue weighted by atomic mass is 32.2. The Morgan fingerprint density at radius 1 is 1.13 bits per heavy atom.